The Hall–Kier alpha value is -1.13. The Labute approximate surface area is 127 Å². The van der Waals surface area contributed by atoms with Gasteiger partial charge in [-0.1, -0.05) is 42.4 Å². The normalized spacial score (nSPS) is 19.1. The van der Waals surface area contributed by atoms with Gasteiger partial charge in [0.05, 0.1) is 11.3 Å². The van der Waals surface area contributed by atoms with Gasteiger partial charge >= 0.3 is 0 Å². The van der Waals surface area contributed by atoms with Crippen LogP contribution in [0.25, 0.3) is 0 Å². The molecule has 0 unspecified atom stereocenters. The third-order valence-corrected chi connectivity index (χ3v) is 5.73. The molecule has 5 nitrogen and oxygen atoms in total. The van der Waals surface area contributed by atoms with E-state index in [0.29, 0.717) is 0 Å². The average molecular weight is 310 g/mol. The number of nitriles is 1. The molecule has 20 heavy (non-hydrogen) atoms. The van der Waals surface area contributed by atoms with Crippen LogP contribution in [0.15, 0.2) is 9.85 Å². The highest BCUT2D eigenvalue weighted by Crippen LogP contribution is 2.34. The van der Waals surface area contributed by atoms with E-state index in [1.54, 1.807) is 17.5 Å². The highest BCUT2D eigenvalue weighted by atomic mass is 32.2. The van der Waals surface area contributed by atoms with Crippen molar-refractivity contribution in [2.75, 3.05) is 7.05 Å². The second-order valence-electron chi connectivity index (χ2n) is 5.07. The van der Waals surface area contributed by atoms with Crippen LogP contribution in [0.2, 0.25) is 0 Å². The van der Waals surface area contributed by atoms with Gasteiger partial charge in [-0.3, -0.25) is 4.79 Å². The maximum absolute atomic E-state index is 12.5. The van der Waals surface area contributed by atoms with Gasteiger partial charge in [-0.15, -0.1) is 10.2 Å². The lowest BCUT2D eigenvalue weighted by atomic mass is 9.81. The predicted octanol–water partition coefficient (Wildman–Crippen LogP) is 2.70. The molecule has 1 amide bonds. The molecule has 0 saturated heterocycles. The lowest BCUT2D eigenvalue weighted by Gasteiger charge is -2.39. The van der Waals surface area contributed by atoms with Gasteiger partial charge in [0.1, 0.15) is 11.0 Å². The lowest BCUT2D eigenvalue weighted by Crippen LogP contribution is -2.52. The number of carbonyl (C=O) groups excluding carboxylic acids is 1. The van der Waals surface area contributed by atoms with Gasteiger partial charge in [0, 0.05) is 7.05 Å². The standard InChI is InChI=1S/C13H18N4OS2/c1-10(20-12-16-15-9-19-12)11(18)17(2)13(8-14)6-4-3-5-7-13/h9-10H,3-7H2,1-2H3/t10-/m1/s1. The first-order chi connectivity index (χ1) is 9.59. The molecule has 1 aliphatic carbocycles. The second-order valence-corrected chi connectivity index (χ2v) is 7.49. The quantitative estimate of drug-likeness (QED) is 0.800. The van der Waals surface area contributed by atoms with Gasteiger partial charge in [0.2, 0.25) is 5.91 Å². The van der Waals surface area contributed by atoms with Crippen LogP contribution in [0.4, 0.5) is 0 Å². The Balaban J connectivity index is 2.05. The highest BCUT2D eigenvalue weighted by Gasteiger charge is 2.40. The number of carbonyl (C=O) groups is 1. The van der Waals surface area contributed by atoms with Crippen molar-refractivity contribution in [3.05, 3.63) is 5.51 Å². The molecule has 2 rings (SSSR count). The van der Waals surface area contributed by atoms with E-state index in [9.17, 15) is 10.1 Å². The zero-order valence-corrected chi connectivity index (χ0v) is 13.3. The third kappa shape index (κ3) is 3.13. The van der Waals surface area contributed by atoms with Crippen LogP contribution in [0.3, 0.4) is 0 Å². The minimum absolute atomic E-state index is 0.00588. The third-order valence-electron chi connectivity index (χ3n) is 3.83. The first kappa shape index (κ1) is 15.3. The Morgan fingerprint density at radius 3 is 2.80 bits per heavy atom. The van der Waals surface area contributed by atoms with E-state index in [1.807, 2.05) is 6.92 Å². The summed E-state index contributed by atoms with van der Waals surface area (Å²) in [5.41, 5.74) is 1.03. The summed E-state index contributed by atoms with van der Waals surface area (Å²) in [6, 6.07) is 2.38. The van der Waals surface area contributed by atoms with E-state index in [4.69, 9.17) is 0 Å². The fourth-order valence-electron chi connectivity index (χ4n) is 2.56. The van der Waals surface area contributed by atoms with E-state index >= 15 is 0 Å². The van der Waals surface area contributed by atoms with Gasteiger partial charge < -0.3 is 4.90 Å². The molecule has 1 aliphatic rings. The number of nitrogens with zero attached hydrogens (tertiary/aromatic N) is 4. The average Bonchev–Trinajstić information content (AvgIpc) is 2.99. The molecular weight excluding hydrogens is 292 g/mol. The molecule has 0 bridgehead atoms. The fourth-order valence-corrected chi connectivity index (χ4v) is 4.28. The van der Waals surface area contributed by atoms with Crippen molar-refractivity contribution in [2.24, 2.45) is 0 Å². The molecule has 7 heteroatoms. The number of rotatable bonds is 4. The van der Waals surface area contributed by atoms with Crippen molar-refractivity contribution >= 4 is 29.0 Å². The van der Waals surface area contributed by atoms with Gasteiger partial charge in [-0.2, -0.15) is 5.26 Å². The van der Waals surface area contributed by atoms with Crippen molar-refractivity contribution in [1.82, 2.24) is 15.1 Å². The smallest absolute Gasteiger partial charge is 0.236 e. The molecule has 0 aliphatic heterocycles. The summed E-state index contributed by atoms with van der Waals surface area (Å²) in [5.74, 6) is -0.00588. The molecule has 1 atom stereocenters. The summed E-state index contributed by atoms with van der Waals surface area (Å²) < 4.78 is 0.786. The Bertz CT molecular complexity index is 491. The molecule has 1 heterocycles. The molecule has 0 spiro atoms. The van der Waals surface area contributed by atoms with Crippen LogP contribution in [0.5, 0.6) is 0 Å². The number of hydrogen-bond acceptors (Lipinski definition) is 6. The summed E-state index contributed by atoms with van der Waals surface area (Å²) in [4.78, 5) is 14.2. The first-order valence-electron chi connectivity index (χ1n) is 6.71. The molecule has 0 aromatic carbocycles. The van der Waals surface area contributed by atoms with Crippen molar-refractivity contribution < 1.29 is 4.79 Å². The van der Waals surface area contributed by atoms with Gasteiger partial charge in [-0.05, 0) is 19.8 Å². The Morgan fingerprint density at radius 2 is 2.25 bits per heavy atom. The highest BCUT2D eigenvalue weighted by molar-refractivity contribution is 8.02. The fraction of sp³-hybridized carbons (Fsp3) is 0.692. The summed E-state index contributed by atoms with van der Waals surface area (Å²) in [7, 11) is 1.76. The molecule has 0 radical (unpaired) electrons. The minimum Gasteiger partial charge on any atom is -0.326 e. The summed E-state index contributed by atoms with van der Waals surface area (Å²) in [5, 5.41) is 17.0. The van der Waals surface area contributed by atoms with Crippen molar-refractivity contribution in [3.8, 4) is 6.07 Å². The van der Waals surface area contributed by atoms with Crippen LogP contribution >= 0.6 is 23.1 Å². The summed E-state index contributed by atoms with van der Waals surface area (Å²) >= 11 is 2.83. The molecule has 0 N–H and O–H groups in total. The molecule has 1 aromatic rings. The zero-order valence-electron chi connectivity index (χ0n) is 11.7. The van der Waals surface area contributed by atoms with Crippen LogP contribution in [0, 0.1) is 11.3 Å². The minimum atomic E-state index is -0.620. The van der Waals surface area contributed by atoms with Gasteiger partial charge in [0.25, 0.3) is 0 Å². The summed E-state index contributed by atoms with van der Waals surface area (Å²) in [6.07, 6.45) is 4.75. The topological polar surface area (TPSA) is 69.9 Å². The van der Waals surface area contributed by atoms with E-state index < -0.39 is 5.54 Å². The molecule has 1 fully saturated rings. The first-order valence-corrected chi connectivity index (χ1v) is 8.47. The molecule has 108 valence electrons. The second kappa shape index (κ2) is 6.55. The maximum Gasteiger partial charge on any atom is 0.236 e. The lowest BCUT2D eigenvalue weighted by molar-refractivity contribution is -0.133. The van der Waals surface area contributed by atoms with Crippen LogP contribution in [-0.2, 0) is 4.79 Å². The monoisotopic (exact) mass is 310 g/mol. The van der Waals surface area contributed by atoms with E-state index in [1.165, 1.54) is 23.1 Å². The zero-order chi connectivity index (χ0) is 14.6. The maximum atomic E-state index is 12.5. The van der Waals surface area contributed by atoms with Crippen LogP contribution < -0.4 is 0 Å². The Kier molecular flexibility index (Phi) is 5.00. The van der Waals surface area contributed by atoms with E-state index in [0.717, 1.165) is 36.4 Å². The van der Waals surface area contributed by atoms with Crippen LogP contribution in [0.1, 0.15) is 39.0 Å². The van der Waals surface area contributed by atoms with Gasteiger partial charge in [0.15, 0.2) is 4.34 Å². The predicted molar refractivity (Wildman–Crippen MR) is 79.4 cm³/mol. The number of amides is 1. The SMILES string of the molecule is C[C@@H](Sc1nncs1)C(=O)N(C)C1(C#N)CCCCC1. The molecular formula is C13H18N4OS2. The number of hydrogen-bond donors (Lipinski definition) is 0. The molecule has 1 aromatic heterocycles. The van der Waals surface area contributed by atoms with Gasteiger partial charge in [-0.25, -0.2) is 0 Å². The van der Waals surface area contributed by atoms with E-state index in [-0.39, 0.29) is 11.2 Å². The van der Waals surface area contributed by atoms with Crippen LogP contribution in [-0.4, -0.2) is 38.8 Å². The van der Waals surface area contributed by atoms with Crippen molar-refractivity contribution in [2.45, 2.75) is 54.2 Å². The van der Waals surface area contributed by atoms with Crippen molar-refractivity contribution in [3.63, 3.8) is 0 Å². The number of aromatic nitrogens is 2. The van der Waals surface area contributed by atoms with E-state index in [2.05, 4.69) is 16.3 Å². The molecule has 1 saturated carbocycles. The van der Waals surface area contributed by atoms with Crippen molar-refractivity contribution in [1.29, 1.82) is 5.26 Å². The summed E-state index contributed by atoms with van der Waals surface area (Å²) in [6.45, 7) is 1.86. The largest absolute Gasteiger partial charge is 0.326 e. The Morgan fingerprint density at radius 1 is 1.55 bits per heavy atom. The number of thioether (sulfide) groups is 1.